The second-order valence-corrected chi connectivity index (χ2v) is 5.54. The summed E-state index contributed by atoms with van der Waals surface area (Å²) in [4.78, 5) is 0. The summed E-state index contributed by atoms with van der Waals surface area (Å²) in [5, 5.41) is 6.02. The Morgan fingerprint density at radius 1 is 1.19 bits per heavy atom. The van der Waals surface area contributed by atoms with Crippen LogP contribution in [0.25, 0.3) is 10.8 Å². The van der Waals surface area contributed by atoms with Crippen molar-refractivity contribution in [2.45, 2.75) is 25.5 Å². The fraction of sp³-hybridized carbons (Fsp3) is 0.444. The average Bonchev–Trinajstić information content (AvgIpc) is 2.55. The first-order chi connectivity index (χ1) is 10.4. The zero-order chi connectivity index (χ0) is 14.5. The van der Waals surface area contributed by atoms with E-state index in [4.69, 9.17) is 9.47 Å². The summed E-state index contributed by atoms with van der Waals surface area (Å²) in [5.41, 5.74) is 0.658. The number of hydrogen-bond acceptors (Lipinski definition) is 3. The summed E-state index contributed by atoms with van der Waals surface area (Å²) >= 11 is 0. The van der Waals surface area contributed by atoms with Gasteiger partial charge >= 0.3 is 0 Å². The zero-order valence-electron chi connectivity index (χ0n) is 12.6. The highest BCUT2D eigenvalue weighted by molar-refractivity contribution is 5.86. The SMILES string of the molecule is CCCCOC1(c2cccc3ccccc23)COCCN1. The van der Waals surface area contributed by atoms with Crippen LogP contribution in [-0.4, -0.2) is 26.4 Å². The van der Waals surface area contributed by atoms with E-state index in [1.54, 1.807) is 0 Å². The lowest BCUT2D eigenvalue weighted by atomic mass is 9.95. The lowest BCUT2D eigenvalue weighted by Gasteiger charge is -2.39. The highest BCUT2D eigenvalue weighted by atomic mass is 16.6. The standard InChI is InChI=1S/C18H23NO2/c1-2-3-12-21-18(14-20-13-11-19-18)17-10-6-8-15-7-4-5-9-16(15)17/h4-10,19H,2-3,11-14H2,1H3. The zero-order valence-corrected chi connectivity index (χ0v) is 12.6. The smallest absolute Gasteiger partial charge is 0.169 e. The van der Waals surface area contributed by atoms with Crippen LogP contribution in [0.15, 0.2) is 42.5 Å². The molecule has 1 unspecified atom stereocenters. The Balaban J connectivity index is 2.01. The van der Waals surface area contributed by atoms with Gasteiger partial charge in [-0.15, -0.1) is 0 Å². The minimum Gasteiger partial charge on any atom is -0.375 e. The van der Waals surface area contributed by atoms with Crippen molar-refractivity contribution in [2.24, 2.45) is 0 Å². The first kappa shape index (κ1) is 14.5. The van der Waals surface area contributed by atoms with Crippen molar-refractivity contribution in [3.63, 3.8) is 0 Å². The van der Waals surface area contributed by atoms with Crippen molar-refractivity contribution >= 4 is 10.8 Å². The van der Waals surface area contributed by atoms with Gasteiger partial charge in [0.05, 0.1) is 13.2 Å². The van der Waals surface area contributed by atoms with Crippen LogP contribution in [0.1, 0.15) is 25.3 Å². The molecule has 112 valence electrons. The van der Waals surface area contributed by atoms with Crippen LogP contribution in [0.4, 0.5) is 0 Å². The van der Waals surface area contributed by atoms with Gasteiger partial charge in [0.1, 0.15) is 0 Å². The van der Waals surface area contributed by atoms with Gasteiger partial charge < -0.3 is 9.47 Å². The third-order valence-electron chi connectivity index (χ3n) is 4.03. The van der Waals surface area contributed by atoms with Gasteiger partial charge in [0.25, 0.3) is 0 Å². The van der Waals surface area contributed by atoms with Crippen LogP contribution in [0.3, 0.4) is 0 Å². The Morgan fingerprint density at radius 2 is 2.05 bits per heavy atom. The van der Waals surface area contributed by atoms with Crippen LogP contribution in [0, 0.1) is 0 Å². The molecule has 1 heterocycles. The molecule has 2 aromatic carbocycles. The molecule has 3 rings (SSSR count). The number of unbranched alkanes of at least 4 members (excludes halogenated alkanes) is 1. The van der Waals surface area contributed by atoms with E-state index in [-0.39, 0.29) is 0 Å². The number of fused-ring (bicyclic) bond motifs is 1. The lowest BCUT2D eigenvalue weighted by Crippen LogP contribution is -2.53. The molecular formula is C18H23NO2. The van der Waals surface area contributed by atoms with Crippen LogP contribution in [-0.2, 0) is 15.2 Å². The molecule has 1 fully saturated rings. The Bertz CT molecular complexity index is 585. The summed E-state index contributed by atoms with van der Waals surface area (Å²) in [5.74, 6) is 0. The van der Waals surface area contributed by atoms with Gasteiger partial charge in [-0.2, -0.15) is 0 Å². The third kappa shape index (κ3) is 2.95. The topological polar surface area (TPSA) is 30.5 Å². The molecule has 21 heavy (non-hydrogen) atoms. The highest BCUT2D eigenvalue weighted by Gasteiger charge is 2.36. The van der Waals surface area contributed by atoms with Crippen LogP contribution in [0.5, 0.6) is 0 Å². The maximum atomic E-state index is 6.27. The molecule has 3 heteroatoms. The van der Waals surface area contributed by atoms with Crippen molar-refractivity contribution in [2.75, 3.05) is 26.4 Å². The van der Waals surface area contributed by atoms with Gasteiger partial charge in [-0.3, -0.25) is 5.32 Å². The number of rotatable bonds is 5. The maximum Gasteiger partial charge on any atom is 0.169 e. The molecule has 2 aromatic rings. The molecule has 1 N–H and O–H groups in total. The summed E-state index contributed by atoms with van der Waals surface area (Å²) < 4.78 is 12.0. The largest absolute Gasteiger partial charge is 0.375 e. The molecule has 0 saturated carbocycles. The van der Waals surface area contributed by atoms with E-state index >= 15 is 0 Å². The normalized spacial score (nSPS) is 22.5. The molecule has 0 aliphatic carbocycles. The van der Waals surface area contributed by atoms with Crippen molar-refractivity contribution in [1.29, 1.82) is 0 Å². The maximum absolute atomic E-state index is 6.27. The van der Waals surface area contributed by atoms with Gasteiger partial charge in [0.15, 0.2) is 5.72 Å². The van der Waals surface area contributed by atoms with Crippen LogP contribution in [0.2, 0.25) is 0 Å². The minimum absolute atomic E-state index is 0.520. The molecule has 1 aliphatic heterocycles. The summed E-state index contributed by atoms with van der Waals surface area (Å²) in [6, 6.07) is 14.8. The first-order valence-corrected chi connectivity index (χ1v) is 7.81. The first-order valence-electron chi connectivity index (χ1n) is 7.81. The van der Waals surface area contributed by atoms with Crippen molar-refractivity contribution < 1.29 is 9.47 Å². The van der Waals surface area contributed by atoms with E-state index in [1.165, 1.54) is 16.3 Å². The number of ether oxygens (including phenoxy) is 2. The monoisotopic (exact) mass is 285 g/mol. The number of benzene rings is 2. The molecule has 0 radical (unpaired) electrons. The molecule has 0 bridgehead atoms. The van der Waals surface area contributed by atoms with E-state index in [0.29, 0.717) is 6.61 Å². The number of hydrogen-bond donors (Lipinski definition) is 1. The van der Waals surface area contributed by atoms with Crippen molar-refractivity contribution in [3.8, 4) is 0 Å². The molecule has 1 aliphatic rings. The van der Waals surface area contributed by atoms with Gasteiger partial charge in [0, 0.05) is 18.7 Å². The predicted molar refractivity (Wildman–Crippen MR) is 85.3 cm³/mol. The number of nitrogens with one attached hydrogen (secondary N) is 1. The second-order valence-electron chi connectivity index (χ2n) is 5.54. The van der Waals surface area contributed by atoms with Gasteiger partial charge in [-0.05, 0) is 17.2 Å². The quantitative estimate of drug-likeness (QED) is 0.854. The van der Waals surface area contributed by atoms with Crippen molar-refractivity contribution in [3.05, 3.63) is 48.0 Å². The number of morpholine rings is 1. The molecular weight excluding hydrogens is 262 g/mol. The molecule has 0 amide bonds. The van der Waals surface area contributed by atoms with E-state index in [0.717, 1.165) is 32.6 Å². The Morgan fingerprint density at radius 3 is 2.86 bits per heavy atom. The Labute approximate surface area is 126 Å². The summed E-state index contributed by atoms with van der Waals surface area (Å²) in [6.07, 6.45) is 2.20. The van der Waals surface area contributed by atoms with E-state index in [2.05, 4.69) is 54.7 Å². The summed E-state index contributed by atoms with van der Waals surface area (Å²) in [7, 11) is 0. The highest BCUT2D eigenvalue weighted by Crippen LogP contribution is 2.32. The molecule has 1 atom stereocenters. The Kier molecular flexibility index (Phi) is 4.54. The van der Waals surface area contributed by atoms with E-state index in [9.17, 15) is 0 Å². The lowest BCUT2D eigenvalue weighted by molar-refractivity contribution is -0.149. The average molecular weight is 285 g/mol. The minimum atomic E-state index is -0.520. The fourth-order valence-corrected chi connectivity index (χ4v) is 2.90. The molecule has 3 nitrogen and oxygen atoms in total. The predicted octanol–water partition coefficient (Wildman–Crippen LogP) is 3.43. The van der Waals surface area contributed by atoms with Gasteiger partial charge in [-0.25, -0.2) is 0 Å². The second kappa shape index (κ2) is 6.56. The Hall–Kier alpha value is -1.42. The molecule has 1 saturated heterocycles. The third-order valence-corrected chi connectivity index (χ3v) is 4.03. The van der Waals surface area contributed by atoms with Gasteiger partial charge in [0.2, 0.25) is 0 Å². The van der Waals surface area contributed by atoms with Gasteiger partial charge in [-0.1, -0.05) is 55.8 Å². The van der Waals surface area contributed by atoms with Crippen LogP contribution < -0.4 is 5.32 Å². The fourth-order valence-electron chi connectivity index (χ4n) is 2.90. The van der Waals surface area contributed by atoms with Crippen LogP contribution >= 0.6 is 0 Å². The van der Waals surface area contributed by atoms with Crippen molar-refractivity contribution in [1.82, 2.24) is 5.32 Å². The van der Waals surface area contributed by atoms with E-state index in [1.807, 2.05) is 0 Å². The van der Waals surface area contributed by atoms with E-state index < -0.39 is 5.72 Å². The summed E-state index contributed by atoms with van der Waals surface area (Å²) in [6.45, 7) is 5.04. The molecule has 0 aromatic heterocycles. The molecule has 0 spiro atoms.